The van der Waals surface area contributed by atoms with Crippen LogP contribution in [0.2, 0.25) is 0 Å². The van der Waals surface area contributed by atoms with E-state index in [0.29, 0.717) is 5.13 Å². The second-order valence-corrected chi connectivity index (χ2v) is 7.30. The van der Waals surface area contributed by atoms with Crippen LogP contribution in [-0.2, 0) is 6.54 Å². The Labute approximate surface area is 141 Å². The Kier molecular flexibility index (Phi) is 4.75. The van der Waals surface area contributed by atoms with Crippen molar-refractivity contribution in [2.24, 2.45) is 0 Å². The van der Waals surface area contributed by atoms with Gasteiger partial charge in [0, 0.05) is 53.8 Å². The smallest absolute Gasteiger partial charge is 0.253 e. The lowest BCUT2D eigenvalue weighted by Gasteiger charge is -2.34. The molecule has 1 aromatic carbocycles. The molecule has 0 aliphatic carbocycles. The predicted molar refractivity (Wildman–Crippen MR) is 91.8 cm³/mol. The number of carbonyl (C=O) groups is 1. The molecule has 0 bridgehead atoms. The SMILES string of the molecule is Nc1ncc(CN2CCN(C(=O)c3ccc(Br)cc3)CC2)s1. The monoisotopic (exact) mass is 380 g/mol. The number of nitrogen functional groups attached to an aromatic ring is 1. The summed E-state index contributed by atoms with van der Waals surface area (Å²) in [4.78, 5) is 21.9. The highest BCUT2D eigenvalue weighted by atomic mass is 79.9. The van der Waals surface area contributed by atoms with Gasteiger partial charge in [0.15, 0.2) is 5.13 Å². The highest BCUT2D eigenvalue weighted by molar-refractivity contribution is 9.10. The lowest BCUT2D eigenvalue weighted by Crippen LogP contribution is -2.48. The van der Waals surface area contributed by atoms with Crippen molar-refractivity contribution in [2.45, 2.75) is 6.54 Å². The number of anilines is 1. The zero-order valence-corrected chi connectivity index (χ0v) is 14.4. The summed E-state index contributed by atoms with van der Waals surface area (Å²) in [7, 11) is 0. The van der Waals surface area contributed by atoms with Gasteiger partial charge in [0.25, 0.3) is 5.91 Å². The van der Waals surface area contributed by atoms with Gasteiger partial charge < -0.3 is 10.6 Å². The topological polar surface area (TPSA) is 62.5 Å². The zero-order valence-electron chi connectivity index (χ0n) is 12.0. The molecular formula is C15H17BrN4OS. The molecule has 2 heterocycles. The van der Waals surface area contributed by atoms with Crippen LogP contribution in [-0.4, -0.2) is 46.9 Å². The van der Waals surface area contributed by atoms with E-state index in [2.05, 4.69) is 25.8 Å². The standard InChI is InChI=1S/C15H17BrN4OS/c16-12-3-1-11(2-4-12)14(21)20-7-5-19(6-8-20)10-13-9-18-15(17)22-13/h1-4,9H,5-8,10H2,(H2,17,18). The van der Waals surface area contributed by atoms with Crippen molar-refractivity contribution in [3.05, 3.63) is 45.4 Å². The second-order valence-electron chi connectivity index (χ2n) is 5.24. The van der Waals surface area contributed by atoms with E-state index in [-0.39, 0.29) is 5.91 Å². The maximum absolute atomic E-state index is 12.4. The summed E-state index contributed by atoms with van der Waals surface area (Å²) in [5.41, 5.74) is 6.40. The lowest BCUT2D eigenvalue weighted by atomic mass is 10.2. The van der Waals surface area contributed by atoms with Gasteiger partial charge in [-0.2, -0.15) is 0 Å². The number of benzene rings is 1. The Morgan fingerprint density at radius 2 is 1.91 bits per heavy atom. The number of carbonyl (C=O) groups excluding carboxylic acids is 1. The van der Waals surface area contributed by atoms with Gasteiger partial charge in [-0.05, 0) is 24.3 Å². The molecule has 7 heteroatoms. The van der Waals surface area contributed by atoms with Crippen LogP contribution < -0.4 is 5.73 Å². The Morgan fingerprint density at radius 1 is 1.23 bits per heavy atom. The van der Waals surface area contributed by atoms with E-state index in [1.807, 2.05) is 35.4 Å². The van der Waals surface area contributed by atoms with Crippen LogP contribution in [0.5, 0.6) is 0 Å². The third-order valence-electron chi connectivity index (χ3n) is 3.70. The molecule has 0 unspecified atom stereocenters. The fourth-order valence-corrected chi connectivity index (χ4v) is 3.49. The van der Waals surface area contributed by atoms with Crippen molar-refractivity contribution in [3.63, 3.8) is 0 Å². The molecular weight excluding hydrogens is 364 g/mol. The minimum absolute atomic E-state index is 0.106. The van der Waals surface area contributed by atoms with Gasteiger partial charge >= 0.3 is 0 Å². The van der Waals surface area contributed by atoms with Gasteiger partial charge in [-0.15, -0.1) is 11.3 Å². The summed E-state index contributed by atoms with van der Waals surface area (Å²) in [5.74, 6) is 0.106. The van der Waals surface area contributed by atoms with Crippen molar-refractivity contribution >= 4 is 38.3 Å². The van der Waals surface area contributed by atoms with Crippen LogP contribution in [0.3, 0.4) is 0 Å². The third-order valence-corrected chi connectivity index (χ3v) is 5.04. The zero-order chi connectivity index (χ0) is 15.5. The summed E-state index contributed by atoms with van der Waals surface area (Å²) >= 11 is 4.91. The van der Waals surface area contributed by atoms with E-state index in [4.69, 9.17) is 5.73 Å². The first-order valence-electron chi connectivity index (χ1n) is 7.09. The van der Waals surface area contributed by atoms with E-state index in [0.717, 1.165) is 42.8 Å². The Hall–Kier alpha value is -1.44. The van der Waals surface area contributed by atoms with Crippen LogP contribution >= 0.6 is 27.3 Å². The maximum Gasteiger partial charge on any atom is 0.253 e. The second kappa shape index (κ2) is 6.76. The molecule has 22 heavy (non-hydrogen) atoms. The number of thiazole rings is 1. The van der Waals surface area contributed by atoms with Gasteiger partial charge in [0.2, 0.25) is 0 Å². The van der Waals surface area contributed by atoms with Crippen LogP contribution in [0.4, 0.5) is 5.13 Å². The van der Waals surface area contributed by atoms with Crippen molar-refractivity contribution in [1.29, 1.82) is 0 Å². The average Bonchev–Trinajstić information content (AvgIpc) is 2.93. The van der Waals surface area contributed by atoms with E-state index in [1.165, 1.54) is 16.2 Å². The van der Waals surface area contributed by atoms with Crippen molar-refractivity contribution < 1.29 is 4.79 Å². The Bertz CT molecular complexity index is 650. The number of rotatable bonds is 3. The number of nitrogens with zero attached hydrogens (tertiary/aromatic N) is 3. The first-order chi connectivity index (χ1) is 10.6. The molecule has 0 atom stereocenters. The maximum atomic E-state index is 12.4. The molecule has 1 aliphatic heterocycles. The van der Waals surface area contributed by atoms with E-state index >= 15 is 0 Å². The van der Waals surface area contributed by atoms with E-state index in [1.54, 1.807) is 0 Å². The summed E-state index contributed by atoms with van der Waals surface area (Å²) in [5, 5.41) is 0.610. The Balaban J connectivity index is 1.55. The normalized spacial score (nSPS) is 16.0. The average molecular weight is 381 g/mol. The Morgan fingerprint density at radius 3 is 2.50 bits per heavy atom. The summed E-state index contributed by atoms with van der Waals surface area (Å²) in [6, 6.07) is 7.52. The quantitative estimate of drug-likeness (QED) is 0.887. The largest absolute Gasteiger partial charge is 0.375 e. The molecule has 1 amide bonds. The molecule has 1 aromatic heterocycles. The summed E-state index contributed by atoms with van der Waals surface area (Å²) < 4.78 is 0.984. The molecule has 1 saturated heterocycles. The predicted octanol–water partition coefficient (Wildman–Crippen LogP) is 2.45. The van der Waals surface area contributed by atoms with Crippen LogP contribution in [0.1, 0.15) is 15.2 Å². The van der Waals surface area contributed by atoms with Crippen molar-refractivity contribution in [2.75, 3.05) is 31.9 Å². The lowest BCUT2D eigenvalue weighted by molar-refractivity contribution is 0.0629. The molecule has 1 aliphatic rings. The number of hydrogen-bond donors (Lipinski definition) is 1. The molecule has 116 valence electrons. The first kappa shape index (κ1) is 15.5. The molecule has 5 nitrogen and oxygen atoms in total. The minimum Gasteiger partial charge on any atom is -0.375 e. The van der Waals surface area contributed by atoms with E-state index in [9.17, 15) is 4.79 Å². The molecule has 2 aromatic rings. The van der Waals surface area contributed by atoms with Gasteiger partial charge in [-0.3, -0.25) is 9.69 Å². The van der Waals surface area contributed by atoms with Gasteiger partial charge in [0.1, 0.15) is 0 Å². The number of piperazine rings is 1. The molecule has 3 rings (SSSR count). The number of aromatic nitrogens is 1. The van der Waals surface area contributed by atoms with Crippen LogP contribution in [0.25, 0.3) is 0 Å². The molecule has 0 saturated carbocycles. The molecule has 1 fully saturated rings. The van der Waals surface area contributed by atoms with Gasteiger partial charge in [-0.25, -0.2) is 4.98 Å². The number of amides is 1. The number of nitrogens with two attached hydrogens (primary N) is 1. The fourth-order valence-electron chi connectivity index (χ4n) is 2.50. The van der Waals surface area contributed by atoms with Crippen LogP contribution in [0, 0.1) is 0 Å². The fraction of sp³-hybridized carbons (Fsp3) is 0.333. The molecule has 0 spiro atoms. The summed E-state index contributed by atoms with van der Waals surface area (Å²) in [6.07, 6.45) is 1.83. The van der Waals surface area contributed by atoms with Crippen molar-refractivity contribution in [1.82, 2.24) is 14.8 Å². The van der Waals surface area contributed by atoms with Crippen LogP contribution in [0.15, 0.2) is 34.9 Å². The van der Waals surface area contributed by atoms with Gasteiger partial charge in [-0.1, -0.05) is 15.9 Å². The van der Waals surface area contributed by atoms with Gasteiger partial charge in [0.05, 0.1) is 0 Å². The molecule has 2 N–H and O–H groups in total. The first-order valence-corrected chi connectivity index (χ1v) is 8.70. The van der Waals surface area contributed by atoms with E-state index < -0.39 is 0 Å². The molecule has 0 radical (unpaired) electrons. The highest BCUT2D eigenvalue weighted by Gasteiger charge is 2.22. The number of hydrogen-bond acceptors (Lipinski definition) is 5. The third kappa shape index (κ3) is 3.66. The summed E-state index contributed by atoms with van der Waals surface area (Å²) in [6.45, 7) is 4.11. The van der Waals surface area contributed by atoms with Crippen molar-refractivity contribution in [3.8, 4) is 0 Å². The minimum atomic E-state index is 0.106. The highest BCUT2D eigenvalue weighted by Crippen LogP contribution is 2.18. The number of halogens is 1.